The fourth-order valence-corrected chi connectivity index (χ4v) is 2.98. The predicted molar refractivity (Wildman–Crippen MR) is 91.3 cm³/mol. The lowest BCUT2D eigenvalue weighted by atomic mass is 10.2. The zero-order valence-corrected chi connectivity index (χ0v) is 14.4. The Morgan fingerprint density at radius 2 is 2.04 bits per heavy atom. The number of halogens is 1. The normalized spacial score (nSPS) is 16.3. The van der Waals surface area contributed by atoms with Crippen LogP contribution in [0.5, 0.6) is 0 Å². The molecular weight excluding hydrogens is 314 g/mol. The maximum atomic E-state index is 12.2. The Balaban J connectivity index is 1.81. The van der Waals surface area contributed by atoms with Gasteiger partial charge in [-0.15, -0.1) is 0 Å². The van der Waals surface area contributed by atoms with Crippen LogP contribution in [-0.4, -0.2) is 36.0 Å². The first-order valence-corrected chi connectivity index (χ1v) is 8.39. The van der Waals surface area contributed by atoms with Crippen molar-refractivity contribution in [2.24, 2.45) is 0 Å². The van der Waals surface area contributed by atoms with Gasteiger partial charge in [0.05, 0.1) is 6.04 Å². The summed E-state index contributed by atoms with van der Waals surface area (Å²) in [5.41, 5.74) is 1.02. The Morgan fingerprint density at radius 1 is 1.35 bits per heavy atom. The van der Waals surface area contributed by atoms with Crippen LogP contribution in [0.3, 0.4) is 0 Å². The molecule has 5 nitrogen and oxygen atoms in total. The molecule has 1 atom stereocenters. The van der Waals surface area contributed by atoms with Crippen molar-refractivity contribution in [2.45, 2.75) is 51.2 Å². The average Bonchev–Trinajstić information content (AvgIpc) is 2.99. The number of imide groups is 1. The van der Waals surface area contributed by atoms with E-state index in [9.17, 15) is 9.59 Å². The molecule has 2 N–H and O–H groups in total. The van der Waals surface area contributed by atoms with Crippen molar-refractivity contribution in [1.82, 2.24) is 15.5 Å². The molecule has 0 spiro atoms. The number of benzene rings is 1. The fraction of sp³-hybridized carbons (Fsp3) is 0.529. The van der Waals surface area contributed by atoms with Gasteiger partial charge in [0.1, 0.15) is 0 Å². The molecule has 0 heterocycles. The van der Waals surface area contributed by atoms with E-state index in [1.807, 2.05) is 36.2 Å². The molecule has 126 valence electrons. The van der Waals surface area contributed by atoms with E-state index in [1.54, 1.807) is 6.92 Å². The van der Waals surface area contributed by atoms with Gasteiger partial charge in [0.2, 0.25) is 5.91 Å². The minimum Gasteiger partial charge on any atom is -0.335 e. The van der Waals surface area contributed by atoms with E-state index < -0.39 is 12.1 Å². The number of hydrogen-bond acceptors (Lipinski definition) is 3. The van der Waals surface area contributed by atoms with Gasteiger partial charge in [0.25, 0.3) is 0 Å². The molecule has 1 aromatic carbocycles. The second-order valence-electron chi connectivity index (χ2n) is 6.17. The molecular formula is C17H24ClN3O2. The van der Waals surface area contributed by atoms with Crippen molar-refractivity contribution in [1.29, 1.82) is 0 Å². The highest BCUT2D eigenvalue weighted by molar-refractivity contribution is 6.30. The third-order valence-corrected chi connectivity index (χ3v) is 4.52. The topological polar surface area (TPSA) is 61.4 Å². The number of nitrogens with one attached hydrogen (secondary N) is 2. The molecule has 1 saturated carbocycles. The van der Waals surface area contributed by atoms with Crippen LogP contribution in [-0.2, 0) is 11.3 Å². The number of nitrogens with zero attached hydrogens (tertiary/aromatic N) is 1. The zero-order chi connectivity index (χ0) is 16.8. The van der Waals surface area contributed by atoms with Crippen LogP contribution in [0.4, 0.5) is 4.79 Å². The van der Waals surface area contributed by atoms with Crippen LogP contribution >= 0.6 is 11.6 Å². The first-order valence-electron chi connectivity index (χ1n) is 8.01. The Kier molecular flexibility index (Phi) is 6.42. The van der Waals surface area contributed by atoms with E-state index in [0.29, 0.717) is 11.6 Å². The predicted octanol–water partition coefficient (Wildman–Crippen LogP) is 2.93. The van der Waals surface area contributed by atoms with E-state index in [2.05, 4.69) is 10.6 Å². The Labute approximate surface area is 142 Å². The lowest BCUT2D eigenvalue weighted by Crippen LogP contribution is -2.50. The Hall–Kier alpha value is -1.59. The molecule has 0 saturated heterocycles. The molecule has 0 aliphatic heterocycles. The van der Waals surface area contributed by atoms with Gasteiger partial charge >= 0.3 is 6.03 Å². The number of urea groups is 1. The number of carbonyl (C=O) groups excluding carboxylic acids is 2. The van der Waals surface area contributed by atoms with Crippen LogP contribution in [0.2, 0.25) is 5.02 Å². The summed E-state index contributed by atoms with van der Waals surface area (Å²) in [6.45, 7) is 2.36. The van der Waals surface area contributed by atoms with Crippen molar-refractivity contribution in [3.63, 3.8) is 0 Å². The Morgan fingerprint density at radius 3 is 2.70 bits per heavy atom. The van der Waals surface area contributed by atoms with Gasteiger partial charge in [-0.25, -0.2) is 4.79 Å². The molecule has 1 aliphatic rings. The number of carbonyl (C=O) groups is 2. The molecule has 3 amide bonds. The molecule has 23 heavy (non-hydrogen) atoms. The summed E-state index contributed by atoms with van der Waals surface area (Å²) in [5.74, 6) is -0.301. The summed E-state index contributed by atoms with van der Waals surface area (Å²) in [7, 11) is 1.85. The van der Waals surface area contributed by atoms with E-state index in [4.69, 9.17) is 11.6 Å². The van der Waals surface area contributed by atoms with Crippen LogP contribution in [0.15, 0.2) is 24.3 Å². The quantitative estimate of drug-likeness (QED) is 0.868. The minimum atomic E-state index is -0.414. The average molecular weight is 338 g/mol. The second-order valence-corrected chi connectivity index (χ2v) is 6.60. The molecule has 1 unspecified atom stereocenters. The highest BCUT2D eigenvalue weighted by atomic mass is 35.5. The summed E-state index contributed by atoms with van der Waals surface area (Å²) < 4.78 is 0. The van der Waals surface area contributed by atoms with Crippen molar-refractivity contribution >= 4 is 23.5 Å². The van der Waals surface area contributed by atoms with Crippen molar-refractivity contribution in [2.75, 3.05) is 7.05 Å². The van der Waals surface area contributed by atoms with Crippen molar-refractivity contribution in [3.8, 4) is 0 Å². The molecule has 1 aliphatic carbocycles. The lowest BCUT2D eigenvalue weighted by Gasteiger charge is -2.24. The van der Waals surface area contributed by atoms with E-state index in [1.165, 1.54) is 0 Å². The van der Waals surface area contributed by atoms with Gasteiger partial charge in [-0.1, -0.05) is 36.6 Å². The first kappa shape index (κ1) is 17.8. The third-order valence-electron chi connectivity index (χ3n) is 4.29. The summed E-state index contributed by atoms with van der Waals surface area (Å²) in [4.78, 5) is 25.9. The highest BCUT2D eigenvalue weighted by Gasteiger charge is 2.22. The largest absolute Gasteiger partial charge is 0.335 e. The maximum Gasteiger partial charge on any atom is 0.321 e. The van der Waals surface area contributed by atoms with E-state index >= 15 is 0 Å². The smallest absolute Gasteiger partial charge is 0.321 e. The van der Waals surface area contributed by atoms with Gasteiger partial charge in [0.15, 0.2) is 0 Å². The fourth-order valence-electron chi connectivity index (χ4n) is 2.77. The van der Waals surface area contributed by atoms with Gasteiger partial charge in [-0.3, -0.25) is 15.0 Å². The number of hydrogen-bond donors (Lipinski definition) is 2. The number of amides is 3. The molecule has 1 aromatic rings. The molecule has 6 heteroatoms. The first-order chi connectivity index (χ1) is 11.0. The molecule has 0 radical (unpaired) electrons. The van der Waals surface area contributed by atoms with Gasteiger partial charge in [0, 0.05) is 17.6 Å². The molecule has 1 fully saturated rings. The minimum absolute atomic E-state index is 0.197. The Bertz CT molecular complexity index is 559. The van der Waals surface area contributed by atoms with Gasteiger partial charge < -0.3 is 5.32 Å². The van der Waals surface area contributed by atoms with Crippen molar-refractivity contribution < 1.29 is 9.59 Å². The lowest BCUT2D eigenvalue weighted by molar-refractivity contribution is -0.124. The van der Waals surface area contributed by atoms with Gasteiger partial charge in [-0.05, 0) is 44.5 Å². The number of rotatable bonds is 5. The SMILES string of the molecule is CC(C(=O)NC(=O)NC1CCCC1)N(C)Cc1cccc(Cl)c1. The maximum absolute atomic E-state index is 12.2. The third kappa shape index (κ3) is 5.52. The standard InChI is InChI=1S/C17H24ClN3O2/c1-12(21(2)11-13-6-5-7-14(18)10-13)16(22)20-17(23)19-15-8-3-4-9-15/h5-7,10,12,15H,3-4,8-9,11H2,1-2H3,(H2,19,20,22,23). The molecule has 0 aromatic heterocycles. The summed E-state index contributed by atoms with van der Waals surface area (Å²) in [6, 6.07) is 6.91. The summed E-state index contributed by atoms with van der Waals surface area (Å²) in [6.07, 6.45) is 4.26. The monoisotopic (exact) mass is 337 g/mol. The number of likely N-dealkylation sites (N-methyl/N-ethyl adjacent to an activating group) is 1. The van der Waals surface area contributed by atoms with E-state index in [0.717, 1.165) is 31.2 Å². The van der Waals surface area contributed by atoms with Crippen LogP contribution in [0.1, 0.15) is 38.2 Å². The molecule has 0 bridgehead atoms. The van der Waals surface area contributed by atoms with Crippen LogP contribution < -0.4 is 10.6 Å². The molecule has 2 rings (SSSR count). The van der Waals surface area contributed by atoms with Gasteiger partial charge in [-0.2, -0.15) is 0 Å². The van der Waals surface area contributed by atoms with Crippen molar-refractivity contribution in [3.05, 3.63) is 34.9 Å². The summed E-state index contributed by atoms with van der Waals surface area (Å²) >= 11 is 5.97. The van der Waals surface area contributed by atoms with Crippen LogP contribution in [0, 0.1) is 0 Å². The van der Waals surface area contributed by atoms with E-state index in [-0.39, 0.29) is 11.9 Å². The summed E-state index contributed by atoms with van der Waals surface area (Å²) in [5, 5.41) is 5.95. The van der Waals surface area contributed by atoms with Crippen LogP contribution in [0.25, 0.3) is 0 Å². The highest BCUT2D eigenvalue weighted by Crippen LogP contribution is 2.17. The zero-order valence-electron chi connectivity index (χ0n) is 13.6. The second kappa shape index (κ2) is 8.31.